The number of para-hydroxylation sites is 1. The Hall–Kier alpha value is -2.59. The molecule has 0 saturated heterocycles. The van der Waals surface area contributed by atoms with E-state index in [9.17, 15) is 9.59 Å². The SMILES string of the molecule is N#Cc1ccccc1NC(=O)N[C@H](CCO)C(=O)O. The number of carbonyl (C=O) groups is 2. The van der Waals surface area contributed by atoms with E-state index in [1.54, 1.807) is 12.1 Å². The number of carboxylic acid groups (broad SMARTS) is 1. The van der Waals surface area contributed by atoms with Crippen LogP contribution in [0.25, 0.3) is 0 Å². The summed E-state index contributed by atoms with van der Waals surface area (Å²) in [6.45, 7) is -0.355. The van der Waals surface area contributed by atoms with Gasteiger partial charge < -0.3 is 20.8 Å². The van der Waals surface area contributed by atoms with E-state index in [0.717, 1.165) is 0 Å². The molecule has 1 rings (SSSR count). The minimum atomic E-state index is -1.24. The number of anilines is 1. The van der Waals surface area contributed by atoms with Crippen LogP contribution in [0.3, 0.4) is 0 Å². The summed E-state index contributed by atoms with van der Waals surface area (Å²) in [6, 6.07) is 6.31. The number of carboxylic acids is 1. The molecule has 0 saturated carbocycles. The molecule has 1 aromatic carbocycles. The molecule has 0 unspecified atom stereocenters. The number of nitriles is 1. The second-order valence-corrected chi connectivity index (χ2v) is 3.66. The predicted molar refractivity (Wildman–Crippen MR) is 66.4 cm³/mol. The lowest BCUT2D eigenvalue weighted by molar-refractivity contribution is -0.139. The van der Waals surface area contributed by atoms with Gasteiger partial charge in [-0.25, -0.2) is 9.59 Å². The number of aliphatic hydroxyl groups is 1. The molecule has 1 aromatic rings. The Morgan fingerprint density at radius 2 is 2.05 bits per heavy atom. The third kappa shape index (κ3) is 4.29. The molecule has 7 heteroatoms. The van der Waals surface area contributed by atoms with Crippen LogP contribution in [0.15, 0.2) is 24.3 Å². The molecule has 0 radical (unpaired) electrons. The van der Waals surface area contributed by atoms with E-state index in [1.165, 1.54) is 12.1 Å². The maximum atomic E-state index is 11.6. The standard InChI is InChI=1S/C12H13N3O4/c13-7-8-3-1-2-4-9(8)14-12(19)15-10(5-6-16)11(17)18/h1-4,10,16H,5-6H2,(H,17,18)(H2,14,15,19)/t10-/m1/s1. The minimum Gasteiger partial charge on any atom is -0.480 e. The zero-order chi connectivity index (χ0) is 14.3. The second kappa shape index (κ2) is 6.98. The van der Waals surface area contributed by atoms with Crippen molar-refractivity contribution in [3.8, 4) is 6.07 Å². The maximum Gasteiger partial charge on any atom is 0.326 e. The lowest BCUT2D eigenvalue weighted by Gasteiger charge is -2.14. The van der Waals surface area contributed by atoms with Crippen molar-refractivity contribution in [2.75, 3.05) is 11.9 Å². The van der Waals surface area contributed by atoms with Crippen LogP contribution in [0.1, 0.15) is 12.0 Å². The van der Waals surface area contributed by atoms with Gasteiger partial charge in [0.15, 0.2) is 0 Å². The summed E-state index contributed by atoms with van der Waals surface area (Å²) in [6.07, 6.45) is -0.0946. The van der Waals surface area contributed by atoms with Crippen molar-refractivity contribution in [3.05, 3.63) is 29.8 Å². The summed E-state index contributed by atoms with van der Waals surface area (Å²) in [7, 11) is 0. The van der Waals surface area contributed by atoms with Gasteiger partial charge in [-0.3, -0.25) is 0 Å². The van der Waals surface area contributed by atoms with Crippen molar-refractivity contribution in [1.29, 1.82) is 5.26 Å². The number of amides is 2. The zero-order valence-corrected chi connectivity index (χ0v) is 9.96. The number of nitrogens with zero attached hydrogens (tertiary/aromatic N) is 1. The van der Waals surface area contributed by atoms with Gasteiger partial charge in [0.2, 0.25) is 0 Å². The quantitative estimate of drug-likeness (QED) is 0.616. The van der Waals surface area contributed by atoms with Gasteiger partial charge in [0.05, 0.1) is 11.3 Å². The largest absolute Gasteiger partial charge is 0.480 e. The van der Waals surface area contributed by atoms with Gasteiger partial charge in [-0.15, -0.1) is 0 Å². The molecule has 2 amide bonds. The Morgan fingerprint density at radius 1 is 1.37 bits per heavy atom. The van der Waals surface area contributed by atoms with Crippen LogP contribution in [-0.2, 0) is 4.79 Å². The molecule has 7 nitrogen and oxygen atoms in total. The molecule has 0 fully saturated rings. The summed E-state index contributed by atoms with van der Waals surface area (Å²) < 4.78 is 0. The minimum absolute atomic E-state index is 0.0946. The molecule has 0 heterocycles. The van der Waals surface area contributed by atoms with Crippen molar-refractivity contribution < 1.29 is 19.8 Å². The first-order chi connectivity index (χ1) is 9.08. The summed E-state index contributed by atoms with van der Waals surface area (Å²) in [4.78, 5) is 22.4. The highest BCUT2D eigenvalue weighted by molar-refractivity contribution is 5.93. The average Bonchev–Trinajstić information content (AvgIpc) is 2.38. The van der Waals surface area contributed by atoms with Gasteiger partial charge >= 0.3 is 12.0 Å². The molecule has 19 heavy (non-hydrogen) atoms. The van der Waals surface area contributed by atoms with Crippen LogP contribution in [-0.4, -0.2) is 34.9 Å². The van der Waals surface area contributed by atoms with Crippen molar-refractivity contribution in [3.63, 3.8) is 0 Å². The molecule has 0 aliphatic rings. The Bertz CT molecular complexity index is 510. The number of rotatable bonds is 5. The molecular formula is C12H13N3O4. The number of carbonyl (C=O) groups excluding carboxylic acids is 1. The molecule has 0 aliphatic carbocycles. The first-order valence-corrected chi connectivity index (χ1v) is 5.48. The van der Waals surface area contributed by atoms with Crippen LogP contribution in [0.4, 0.5) is 10.5 Å². The molecule has 0 aliphatic heterocycles. The molecule has 4 N–H and O–H groups in total. The zero-order valence-electron chi connectivity index (χ0n) is 9.96. The number of benzene rings is 1. The number of aliphatic hydroxyl groups excluding tert-OH is 1. The second-order valence-electron chi connectivity index (χ2n) is 3.66. The Kier molecular flexibility index (Phi) is 5.32. The fourth-order valence-corrected chi connectivity index (χ4v) is 1.39. The van der Waals surface area contributed by atoms with Gasteiger partial charge in [-0.1, -0.05) is 12.1 Å². The molecule has 0 spiro atoms. The maximum absolute atomic E-state index is 11.6. The van der Waals surface area contributed by atoms with E-state index in [1.807, 2.05) is 6.07 Å². The topological polar surface area (TPSA) is 122 Å². The molecule has 0 aromatic heterocycles. The molecule has 1 atom stereocenters. The van der Waals surface area contributed by atoms with Crippen molar-refractivity contribution >= 4 is 17.7 Å². The van der Waals surface area contributed by atoms with E-state index < -0.39 is 18.0 Å². The number of hydrogen-bond acceptors (Lipinski definition) is 4. The first-order valence-electron chi connectivity index (χ1n) is 5.48. The van der Waals surface area contributed by atoms with E-state index in [0.29, 0.717) is 0 Å². The highest BCUT2D eigenvalue weighted by atomic mass is 16.4. The van der Waals surface area contributed by atoms with E-state index in [4.69, 9.17) is 15.5 Å². The van der Waals surface area contributed by atoms with E-state index in [2.05, 4.69) is 10.6 Å². The average molecular weight is 263 g/mol. The third-order valence-electron chi connectivity index (χ3n) is 2.32. The van der Waals surface area contributed by atoms with Crippen molar-refractivity contribution in [2.45, 2.75) is 12.5 Å². The van der Waals surface area contributed by atoms with Crippen LogP contribution in [0.2, 0.25) is 0 Å². The van der Waals surface area contributed by atoms with Gasteiger partial charge in [-0.2, -0.15) is 5.26 Å². The molecule has 100 valence electrons. The Labute approximate surface area is 109 Å². The summed E-state index contributed by atoms with van der Waals surface area (Å²) in [5, 5.41) is 30.9. The van der Waals surface area contributed by atoms with E-state index >= 15 is 0 Å². The summed E-state index contributed by atoms with van der Waals surface area (Å²) in [5.74, 6) is -1.24. The van der Waals surface area contributed by atoms with Crippen LogP contribution >= 0.6 is 0 Å². The number of nitrogens with one attached hydrogen (secondary N) is 2. The van der Waals surface area contributed by atoms with Gasteiger partial charge in [0, 0.05) is 13.0 Å². The van der Waals surface area contributed by atoms with Crippen LogP contribution in [0, 0.1) is 11.3 Å². The molecule has 0 bridgehead atoms. The Morgan fingerprint density at radius 3 is 2.63 bits per heavy atom. The predicted octanol–water partition coefficient (Wildman–Crippen LogP) is 0.515. The summed E-state index contributed by atoms with van der Waals surface area (Å²) >= 11 is 0. The van der Waals surface area contributed by atoms with Gasteiger partial charge in [0.1, 0.15) is 12.1 Å². The van der Waals surface area contributed by atoms with Crippen molar-refractivity contribution in [2.24, 2.45) is 0 Å². The first kappa shape index (κ1) is 14.5. The van der Waals surface area contributed by atoms with Crippen molar-refractivity contribution in [1.82, 2.24) is 5.32 Å². The lowest BCUT2D eigenvalue weighted by Crippen LogP contribution is -2.43. The smallest absolute Gasteiger partial charge is 0.326 e. The molecular weight excluding hydrogens is 250 g/mol. The normalized spacial score (nSPS) is 11.2. The lowest BCUT2D eigenvalue weighted by atomic mass is 10.2. The fourth-order valence-electron chi connectivity index (χ4n) is 1.39. The van der Waals surface area contributed by atoms with Gasteiger partial charge in [0.25, 0.3) is 0 Å². The fraction of sp³-hybridized carbons (Fsp3) is 0.250. The third-order valence-corrected chi connectivity index (χ3v) is 2.32. The highest BCUT2D eigenvalue weighted by Crippen LogP contribution is 2.13. The van der Waals surface area contributed by atoms with Gasteiger partial charge in [-0.05, 0) is 12.1 Å². The Balaban J connectivity index is 2.69. The van der Waals surface area contributed by atoms with E-state index in [-0.39, 0.29) is 24.3 Å². The van der Waals surface area contributed by atoms with Crippen LogP contribution < -0.4 is 10.6 Å². The number of urea groups is 1. The van der Waals surface area contributed by atoms with Crippen LogP contribution in [0.5, 0.6) is 0 Å². The monoisotopic (exact) mass is 263 g/mol. The number of aliphatic carboxylic acids is 1. The highest BCUT2D eigenvalue weighted by Gasteiger charge is 2.19. The number of hydrogen-bond donors (Lipinski definition) is 4. The summed E-state index contributed by atoms with van der Waals surface area (Å²) in [5.41, 5.74) is 0.558.